The molecule has 6 nitrogen and oxygen atoms in total. The lowest BCUT2D eigenvalue weighted by Crippen LogP contribution is -2.30. The van der Waals surface area contributed by atoms with Crippen molar-refractivity contribution in [2.24, 2.45) is 16.8 Å². The molecule has 2 heterocycles. The molecule has 134 valence electrons. The third-order valence-electron chi connectivity index (χ3n) is 5.14. The summed E-state index contributed by atoms with van der Waals surface area (Å²) in [6, 6.07) is 0. The molecule has 6 heteroatoms. The maximum atomic E-state index is 11.4. The van der Waals surface area contributed by atoms with Gasteiger partial charge in [-0.25, -0.2) is 10.5 Å². The molecule has 1 amide bonds. The maximum absolute atomic E-state index is 11.4. The summed E-state index contributed by atoms with van der Waals surface area (Å²) in [6.45, 7) is 3.11. The highest BCUT2D eigenvalue weighted by Crippen LogP contribution is 2.32. The van der Waals surface area contributed by atoms with Crippen molar-refractivity contribution in [1.29, 1.82) is 0 Å². The average Bonchev–Trinajstić information content (AvgIpc) is 3.04. The minimum atomic E-state index is -0.428. The Bertz CT molecular complexity index is 688. The number of aliphatic hydroxyl groups is 1. The Morgan fingerprint density at radius 1 is 1.44 bits per heavy atom. The number of carbonyl (C=O) groups is 1. The molecule has 0 fully saturated rings. The van der Waals surface area contributed by atoms with Gasteiger partial charge in [0.1, 0.15) is 5.84 Å². The molecule has 0 saturated heterocycles. The number of nitrogens with one attached hydrogen (secondary N) is 1. The van der Waals surface area contributed by atoms with E-state index in [1.165, 1.54) is 11.1 Å². The molecule has 2 aliphatic heterocycles. The topological polar surface area (TPSA) is 85.2 Å². The van der Waals surface area contributed by atoms with Crippen molar-refractivity contribution in [2.45, 2.75) is 32.6 Å². The number of fused-ring (bicyclic) bond motifs is 1. The van der Waals surface area contributed by atoms with E-state index in [4.69, 9.17) is 10.3 Å². The van der Waals surface area contributed by atoms with Crippen molar-refractivity contribution < 1.29 is 15.1 Å². The largest absolute Gasteiger partial charge is 0.396 e. The van der Waals surface area contributed by atoms with Crippen molar-refractivity contribution in [3.8, 4) is 0 Å². The summed E-state index contributed by atoms with van der Waals surface area (Å²) in [5.74, 6) is 1.32. The molecule has 3 N–H and O–H groups in total. The molecule has 0 saturated carbocycles. The predicted octanol–water partition coefficient (Wildman–Crippen LogP) is 2.29. The van der Waals surface area contributed by atoms with Gasteiger partial charge in [-0.3, -0.25) is 10.0 Å². The van der Waals surface area contributed by atoms with Crippen LogP contribution in [0.15, 0.2) is 52.3 Å². The summed E-state index contributed by atoms with van der Waals surface area (Å²) in [6.07, 6.45) is 13.2. The van der Waals surface area contributed by atoms with E-state index in [0.717, 1.165) is 31.6 Å². The summed E-state index contributed by atoms with van der Waals surface area (Å²) in [5.41, 5.74) is 4.82. The van der Waals surface area contributed by atoms with Crippen LogP contribution in [0.1, 0.15) is 32.6 Å². The molecular weight excluding hydrogens is 318 g/mol. The van der Waals surface area contributed by atoms with Crippen molar-refractivity contribution in [1.82, 2.24) is 10.4 Å². The van der Waals surface area contributed by atoms with Gasteiger partial charge in [-0.15, -0.1) is 0 Å². The minimum Gasteiger partial charge on any atom is -0.396 e. The second kappa shape index (κ2) is 7.80. The molecule has 0 aromatic rings. The SMILES string of the molecule is CC(CCO)C1=CN=C2C(C=CN2CC2=CC=C(C(=O)NO)CC2)C1. The number of hydrogen-bond acceptors (Lipinski definition) is 5. The molecule has 0 spiro atoms. The van der Waals surface area contributed by atoms with Gasteiger partial charge in [0.2, 0.25) is 0 Å². The van der Waals surface area contributed by atoms with Crippen LogP contribution in [0.3, 0.4) is 0 Å². The first-order chi connectivity index (χ1) is 12.1. The zero-order valence-corrected chi connectivity index (χ0v) is 14.5. The molecule has 0 bridgehead atoms. The third kappa shape index (κ3) is 3.91. The van der Waals surface area contributed by atoms with Crippen molar-refractivity contribution in [3.05, 3.63) is 47.3 Å². The van der Waals surface area contributed by atoms with Crippen LogP contribution in [0.2, 0.25) is 0 Å². The summed E-state index contributed by atoms with van der Waals surface area (Å²) < 4.78 is 0. The number of carbonyl (C=O) groups excluding carboxylic acids is 1. The first-order valence-corrected chi connectivity index (χ1v) is 8.78. The first kappa shape index (κ1) is 17.6. The van der Waals surface area contributed by atoms with Crippen LogP contribution in [-0.2, 0) is 4.79 Å². The van der Waals surface area contributed by atoms with Gasteiger partial charge in [0.05, 0.1) is 0 Å². The zero-order chi connectivity index (χ0) is 17.8. The Balaban J connectivity index is 1.66. The van der Waals surface area contributed by atoms with Crippen LogP contribution in [0.5, 0.6) is 0 Å². The van der Waals surface area contributed by atoms with Gasteiger partial charge in [0.15, 0.2) is 0 Å². The summed E-state index contributed by atoms with van der Waals surface area (Å²) in [5, 5.41) is 17.8. The Labute approximate surface area is 147 Å². The van der Waals surface area contributed by atoms with Gasteiger partial charge in [0.25, 0.3) is 5.91 Å². The van der Waals surface area contributed by atoms with E-state index in [1.807, 2.05) is 12.3 Å². The number of nitrogens with zero attached hydrogens (tertiary/aromatic N) is 2. The summed E-state index contributed by atoms with van der Waals surface area (Å²) in [7, 11) is 0. The number of aliphatic imine (C=N–C) groups is 1. The normalized spacial score (nSPS) is 23.3. The van der Waals surface area contributed by atoms with Gasteiger partial charge in [-0.1, -0.05) is 30.7 Å². The highest BCUT2D eigenvalue weighted by molar-refractivity contribution is 5.93. The van der Waals surface area contributed by atoms with E-state index in [9.17, 15) is 4.79 Å². The van der Waals surface area contributed by atoms with Gasteiger partial charge >= 0.3 is 0 Å². The first-order valence-electron chi connectivity index (χ1n) is 8.78. The van der Waals surface area contributed by atoms with Crippen LogP contribution in [0.25, 0.3) is 0 Å². The van der Waals surface area contributed by atoms with Crippen LogP contribution >= 0.6 is 0 Å². The Morgan fingerprint density at radius 2 is 2.28 bits per heavy atom. The van der Waals surface area contributed by atoms with Gasteiger partial charge in [0, 0.05) is 37.0 Å². The fraction of sp³-hybridized carbons (Fsp3) is 0.474. The number of rotatable bonds is 6. The number of hydroxylamine groups is 1. The number of hydrogen-bond donors (Lipinski definition) is 3. The molecule has 2 atom stereocenters. The standard InChI is InChI=1S/C19H25N3O3/c1-13(7-9-23)17-10-16-6-8-22(18(16)20-11-17)12-14-2-4-15(5-3-14)19(24)21-25/h2,4,6,8,11,13,16,23,25H,3,5,7,9-10,12H2,1H3,(H,21,24). The van der Waals surface area contributed by atoms with Crippen molar-refractivity contribution in [3.63, 3.8) is 0 Å². The molecule has 0 aromatic heterocycles. The fourth-order valence-corrected chi connectivity index (χ4v) is 3.50. The fourth-order valence-electron chi connectivity index (χ4n) is 3.50. The molecule has 25 heavy (non-hydrogen) atoms. The monoisotopic (exact) mass is 343 g/mol. The van der Waals surface area contributed by atoms with E-state index >= 15 is 0 Å². The molecule has 0 aromatic carbocycles. The number of amidine groups is 1. The molecule has 3 aliphatic rings. The second-order valence-electron chi connectivity index (χ2n) is 6.84. The van der Waals surface area contributed by atoms with E-state index in [-0.39, 0.29) is 6.61 Å². The minimum absolute atomic E-state index is 0.208. The van der Waals surface area contributed by atoms with Crippen molar-refractivity contribution >= 4 is 11.7 Å². The number of amides is 1. The zero-order valence-electron chi connectivity index (χ0n) is 14.5. The Hall–Kier alpha value is -2.18. The smallest absolute Gasteiger partial charge is 0.270 e. The molecule has 0 radical (unpaired) electrons. The highest BCUT2D eigenvalue weighted by atomic mass is 16.5. The maximum Gasteiger partial charge on any atom is 0.270 e. The lowest BCUT2D eigenvalue weighted by molar-refractivity contribution is -0.125. The molecule has 2 unspecified atom stereocenters. The van der Waals surface area contributed by atoms with Crippen LogP contribution in [-0.4, -0.2) is 40.1 Å². The third-order valence-corrected chi connectivity index (χ3v) is 5.14. The van der Waals surface area contributed by atoms with Gasteiger partial charge < -0.3 is 10.0 Å². The Kier molecular flexibility index (Phi) is 5.50. The second-order valence-corrected chi connectivity index (χ2v) is 6.84. The molecule has 3 rings (SSSR count). The lowest BCUT2D eigenvalue weighted by atomic mass is 9.88. The van der Waals surface area contributed by atoms with Gasteiger partial charge in [-0.2, -0.15) is 0 Å². The van der Waals surface area contributed by atoms with Crippen molar-refractivity contribution in [2.75, 3.05) is 13.2 Å². The van der Waals surface area contributed by atoms with Gasteiger partial charge in [-0.05, 0) is 37.2 Å². The van der Waals surface area contributed by atoms with Crippen LogP contribution < -0.4 is 5.48 Å². The summed E-state index contributed by atoms with van der Waals surface area (Å²) >= 11 is 0. The quantitative estimate of drug-likeness (QED) is 0.510. The number of allylic oxidation sites excluding steroid dienone is 3. The predicted molar refractivity (Wildman–Crippen MR) is 95.7 cm³/mol. The van der Waals surface area contributed by atoms with Crippen LogP contribution in [0.4, 0.5) is 0 Å². The van der Waals surface area contributed by atoms with Crippen LogP contribution in [0, 0.1) is 11.8 Å². The summed E-state index contributed by atoms with van der Waals surface area (Å²) in [4.78, 5) is 18.3. The van der Waals surface area contributed by atoms with E-state index < -0.39 is 5.91 Å². The molecular formula is C19H25N3O3. The number of aliphatic hydroxyl groups excluding tert-OH is 1. The lowest BCUT2D eigenvalue weighted by Gasteiger charge is -2.27. The van der Waals surface area contributed by atoms with E-state index in [2.05, 4.69) is 29.1 Å². The van der Waals surface area contributed by atoms with E-state index in [0.29, 0.717) is 23.8 Å². The molecule has 1 aliphatic carbocycles. The Morgan fingerprint density at radius 3 is 2.96 bits per heavy atom. The average molecular weight is 343 g/mol. The van der Waals surface area contributed by atoms with E-state index in [1.54, 1.807) is 11.6 Å². The highest BCUT2D eigenvalue weighted by Gasteiger charge is 2.29.